The summed E-state index contributed by atoms with van der Waals surface area (Å²) in [6, 6.07) is 6.34. The van der Waals surface area contributed by atoms with Crippen molar-refractivity contribution in [3.05, 3.63) is 53.9 Å². The van der Waals surface area contributed by atoms with E-state index in [1.54, 1.807) is 42.7 Å². The SMILES string of the molecule is NC(=O)[C@H](Cc1cccnc1)NC(=O)[C@H](CS)NC(=O)c1ccc2n[nH]nc2c1. The average molecular weight is 413 g/mol. The minimum Gasteiger partial charge on any atom is -0.368 e. The molecule has 3 aromatic rings. The molecule has 0 aliphatic carbocycles. The van der Waals surface area contributed by atoms with Gasteiger partial charge in [-0.15, -0.1) is 0 Å². The summed E-state index contributed by atoms with van der Waals surface area (Å²) >= 11 is 4.14. The Hall–Kier alpha value is -3.47. The van der Waals surface area contributed by atoms with Gasteiger partial charge >= 0.3 is 0 Å². The van der Waals surface area contributed by atoms with Crippen molar-refractivity contribution in [3.8, 4) is 0 Å². The summed E-state index contributed by atoms with van der Waals surface area (Å²) in [4.78, 5) is 40.8. The summed E-state index contributed by atoms with van der Waals surface area (Å²) in [5, 5.41) is 15.5. The maximum atomic E-state index is 12.6. The number of aromatic amines is 1. The van der Waals surface area contributed by atoms with Crippen LogP contribution in [0.3, 0.4) is 0 Å². The molecule has 0 fully saturated rings. The Labute approximate surface area is 171 Å². The molecule has 0 unspecified atom stereocenters. The van der Waals surface area contributed by atoms with Gasteiger partial charge in [-0.1, -0.05) is 6.07 Å². The molecular formula is C18H19N7O3S. The molecule has 0 aliphatic rings. The molecule has 2 aromatic heterocycles. The number of amides is 3. The number of nitrogens with zero attached hydrogens (tertiary/aromatic N) is 3. The van der Waals surface area contributed by atoms with Gasteiger partial charge in [-0.2, -0.15) is 28.0 Å². The molecule has 1 aromatic carbocycles. The highest BCUT2D eigenvalue weighted by Crippen LogP contribution is 2.11. The van der Waals surface area contributed by atoms with Gasteiger partial charge in [0.05, 0.1) is 0 Å². The predicted octanol–water partition coefficient (Wildman–Crippen LogP) is -0.406. The standard InChI is InChI=1S/C18H19N7O3S/c19-16(26)14(6-10-2-1-5-20-8-10)21-18(28)15(9-29)22-17(27)11-3-4-12-13(7-11)24-25-23-12/h1-5,7-8,14-15,29H,6,9H2,(H2,19,26)(H,21,28)(H,22,27)(H,23,24,25)/t14-,15-/m0/s1. The number of carbonyl (C=O) groups excluding carboxylic acids is 3. The number of nitrogens with two attached hydrogens (primary N) is 1. The predicted molar refractivity (Wildman–Crippen MR) is 108 cm³/mol. The molecule has 0 saturated carbocycles. The largest absolute Gasteiger partial charge is 0.368 e. The zero-order chi connectivity index (χ0) is 20.8. The molecule has 3 rings (SSSR count). The van der Waals surface area contributed by atoms with Crippen molar-refractivity contribution in [2.24, 2.45) is 5.73 Å². The first kappa shape index (κ1) is 20.3. The van der Waals surface area contributed by atoms with Crippen LogP contribution in [0.2, 0.25) is 0 Å². The molecule has 0 aliphatic heterocycles. The number of aromatic nitrogens is 4. The van der Waals surface area contributed by atoms with E-state index >= 15 is 0 Å². The van der Waals surface area contributed by atoms with Gasteiger partial charge in [0.2, 0.25) is 11.8 Å². The first-order valence-electron chi connectivity index (χ1n) is 8.68. The normalized spacial score (nSPS) is 12.9. The number of nitrogens with one attached hydrogen (secondary N) is 3. The van der Waals surface area contributed by atoms with Gasteiger partial charge in [0.1, 0.15) is 23.1 Å². The zero-order valence-corrected chi connectivity index (χ0v) is 16.1. The van der Waals surface area contributed by atoms with E-state index in [0.29, 0.717) is 16.6 Å². The topological polar surface area (TPSA) is 156 Å². The lowest BCUT2D eigenvalue weighted by Crippen LogP contribution is -2.54. The second-order valence-corrected chi connectivity index (χ2v) is 6.63. The van der Waals surface area contributed by atoms with Gasteiger partial charge in [0.25, 0.3) is 5.91 Å². The fourth-order valence-corrected chi connectivity index (χ4v) is 2.92. The lowest BCUT2D eigenvalue weighted by molar-refractivity contribution is -0.128. The lowest BCUT2D eigenvalue weighted by Gasteiger charge is -2.21. The first-order valence-corrected chi connectivity index (χ1v) is 9.32. The van der Waals surface area contributed by atoms with Gasteiger partial charge in [-0.3, -0.25) is 19.4 Å². The summed E-state index contributed by atoms with van der Waals surface area (Å²) in [6.07, 6.45) is 3.37. The van der Waals surface area contributed by atoms with Crippen LogP contribution in [0.4, 0.5) is 0 Å². The maximum absolute atomic E-state index is 12.6. The van der Waals surface area contributed by atoms with Crippen LogP contribution in [0.15, 0.2) is 42.7 Å². The Morgan fingerprint density at radius 3 is 2.59 bits per heavy atom. The fourth-order valence-electron chi connectivity index (χ4n) is 2.67. The van der Waals surface area contributed by atoms with Crippen molar-refractivity contribution in [2.75, 3.05) is 5.75 Å². The fraction of sp³-hybridized carbons (Fsp3) is 0.222. The minimum absolute atomic E-state index is 0.0299. The number of pyridine rings is 1. The Bertz CT molecular complexity index is 1020. The third-order valence-electron chi connectivity index (χ3n) is 4.21. The van der Waals surface area contributed by atoms with E-state index in [-0.39, 0.29) is 12.2 Å². The second-order valence-electron chi connectivity index (χ2n) is 6.26. The summed E-state index contributed by atoms with van der Waals surface area (Å²) < 4.78 is 0. The van der Waals surface area contributed by atoms with Crippen molar-refractivity contribution < 1.29 is 14.4 Å². The number of primary amides is 1. The molecule has 0 saturated heterocycles. The third kappa shape index (κ3) is 5.08. The number of hydrogen-bond acceptors (Lipinski definition) is 7. The quantitative estimate of drug-likeness (QED) is 0.316. The van der Waals surface area contributed by atoms with E-state index in [1.165, 1.54) is 0 Å². The van der Waals surface area contributed by atoms with E-state index in [9.17, 15) is 14.4 Å². The summed E-state index contributed by atoms with van der Waals surface area (Å²) in [6.45, 7) is 0. The van der Waals surface area contributed by atoms with Crippen molar-refractivity contribution in [1.82, 2.24) is 31.0 Å². The number of hydrogen-bond donors (Lipinski definition) is 5. The lowest BCUT2D eigenvalue weighted by atomic mass is 10.1. The molecule has 10 nitrogen and oxygen atoms in total. The monoisotopic (exact) mass is 413 g/mol. The molecule has 5 N–H and O–H groups in total. The first-order chi connectivity index (χ1) is 14.0. The number of benzene rings is 1. The Kier molecular flexibility index (Phi) is 6.39. The number of H-pyrrole nitrogens is 1. The molecule has 11 heteroatoms. The van der Waals surface area contributed by atoms with Gasteiger partial charge in [0, 0.05) is 30.1 Å². The molecule has 2 atom stereocenters. The van der Waals surface area contributed by atoms with Crippen LogP contribution in [0.1, 0.15) is 15.9 Å². The van der Waals surface area contributed by atoms with Crippen LogP contribution in [-0.4, -0.2) is 56.0 Å². The Morgan fingerprint density at radius 2 is 1.90 bits per heavy atom. The number of carbonyl (C=O) groups is 3. The van der Waals surface area contributed by atoms with Crippen LogP contribution >= 0.6 is 12.6 Å². The van der Waals surface area contributed by atoms with E-state index in [2.05, 4.69) is 43.7 Å². The molecule has 29 heavy (non-hydrogen) atoms. The minimum atomic E-state index is -0.963. The van der Waals surface area contributed by atoms with Crippen LogP contribution in [0.5, 0.6) is 0 Å². The van der Waals surface area contributed by atoms with Gasteiger partial charge in [0.15, 0.2) is 0 Å². The van der Waals surface area contributed by atoms with E-state index in [4.69, 9.17) is 5.73 Å². The number of fused-ring (bicyclic) bond motifs is 1. The van der Waals surface area contributed by atoms with Crippen LogP contribution in [-0.2, 0) is 16.0 Å². The third-order valence-corrected chi connectivity index (χ3v) is 4.57. The van der Waals surface area contributed by atoms with E-state index in [1.807, 2.05) is 0 Å². The van der Waals surface area contributed by atoms with Crippen molar-refractivity contribution >= 4 is 41.4 Å². The van der Waals surface area contributed by atoms with Gasteiger partial charge in [-0.25, -0.2) is 0 Å². The highest BCUT2D eigenvalue weighted by Gasteiger charge is 2.25. The van der Waals surface area contributed by atoms with Crippen molar-refractivity contribution in [2.45, 2.75) is 18.5 Å². The highest BCUT2D eigenvalue weighted by molar-refractivity contribution is 7.80. The molecule has 150 valence electrons. The van der Waals surface area contributed by atoms with E-state index < -0.39 is 29.8 Å². The van der Waals surface area contributed by atoms with E-state index in [0.717, 1.165) is 5.56 Å². The molecule has 0 bridgehead atoms. The Morgan fingerprint density at radius 1 is 1.10 bits per heavy atom. The molecule has 2 heterocycles. The average Bonchev–Trinajstić information content (AvgIpc) is 3.19. The smallest absolute Gasteiger partial charge is 0.252 e. The molecular weight excluding hydrogens is 394 g/mol. The van der Waals surface area contributed by atoms with Crippen LogP contribution < -0.4 is 16.4 Å². The summed E-state index contributed by atoms with van der Waals surface area (Å²) in [5.41, 5.74) is 7.60. The molecule has 0 radical (unpaired) electrons. The number of thiol groups is 1. The molecule has 0 spiro atoms. The van der Waals surface area contributed by atoms with Gasteiger partial charge < -0.3 is 16.4 Å². The van der Waals surface area contributed by atoms with Gasteiger partial charge in [-0.05, 0) is 29.8 Å². The highest BCUT2D eigenvalue weighted by atomic mass is 32.1. The summed E-state index contributed by atoms with van der Waals surface area (Å²) in [7, 11) is 0. The van der Waals surface area contributed by atoms with Crippen molar-refractivity contribution in [1.29, 1.82) is 0 Å². The van der Waals surface area contributed by atoms with Crippen LogP contribution in [0.25, 0.3) is 11.0 Å². The zero-order valence-electron chi connectivity index (χ0n) is 15.2. The van der Waals surface area contributed by atoms with Crippen molar-refractivity contribution in [3.63, 3.8) is 0 Å². The van der Waals surface area contributed by atoms with Crippen LogP contribution in [0, 0.1) is 0 Å². The summed E-state index contributed by atoms with van der Waals surface area (Å²) in [5.74, 6) is -1.71. The number of rotatable bonds is 8. The molecule has 3 amide bonds. The Balaban J connectivity index is 1.66. The second kappa shape index (κ2) is 9.15. The maximum Gasteiger partial charge on any atom is 0.252 e.